The zero-order valence-corrected chi connectivity index (χ0v) is 16.1. The topological polar surface area (TPSA) is 20.3 Å². The van der Waals surface area contributed by atoms with Gasteiger partial charge in [-0.2, -0.15) is 0 Å². The van der Waals surface area contributed by atoms with Gasteiger partial charge in [0.05, 0.1) is 0 Å². The molecule has 1 amide bonds. The molecule has 1 aromatic carbocycles. The lowest BCUT2D eigenvalue weighted by Gasteiger charge is -2.51. The van der Waals surface area contributed by atoms with E-state index in [1.165, 1.54) is 37.7 Å². The van der Waals surface area contributed by atoms with Crippen molar-refractivity contribution in [1.29, 1.82) is 0 Å². The number of amides is 1. The summed E-state index contributed by atoms with van der Waals surface area (Å²) < 4.78 is 0. The molecule has 2 fully saturated rings. The fourth-order valence-electron chi connectivity index (χ4n) is 6.57. The Labute approximate surface area is 153 Å². The monoisotopic (exact) mass is 338 g/mol. The Kier molecular flexibility index (Phi) is 4.42. The second-order valence-corrected chi connectivity index (χ2v) is 8.97. The first kappa shape index (κ1) is 17.1. The number of fused-ring (bicyclic) bond motifs is 5. The molecule has 25 heavy (non-hydrogen) atoms. The molecule has 3 aliphatic carbocycles. The summed E-state index contributed by atoms with van der Waals surface area (Å²) in [5, 5.41) is 0. The molecule has 0 heterocycles. The first-order valence-electron chi connectivity index (χ1n) is 10.3. The SMILES string of the molecule is CCCN(C)C(=O)[C@H]1CC[C@H]2[C@@H]3CCc4c[c]ccc4[C@H]3CC[C@]12C. The highest BCUT2D eigenvalue weighted by molar-refractivity contribution is 5.80. The molecular formula is C23H32NO. The van der Waals surface area contributed by atoms with Crippen LogP contribution in [0.5, 0.6) is 0 Å². The number of hydrogen-bond acceptors (Lipinski definition) is 1. The van der Waals surface area contributed by atoms with Crippen LogP contribution in [-0.2, 0) is 11.2 Å². The molecule has 1 radical (unpaired) electrons. The Morgan fingerprint density at radius 1 is 1.32 bits per heavy atom. The van der Waals surface area contributed by atoms with Gasteiger partial charge in [-0.05, 0) is 85.3 Å². The first-order chi connectivity index (χ1) is 12.1. The van der Waals surface area contributed by atoms with Crippen molar-refractivity contribution >= 4 is 5.91 Å². The van der Waals surface area contributed by atoms with Crippen molar-refractivity contribution in [3.05, 3.63) is 35.4 Å². The van der Waals surface area contributed by atoms with Gasteiger partial charge in [0, 0.05) is 19.5 Å². The van der Waals surface area contributed by atoms with Crippen molar-refractivity contribution in [2.75, 3.05) is 13.6 Å². The summed E-state index contributed by atoms with van der Waals surface area (Å²) in [7, 11) is 2.00. The number of rotatable bonds is 3. The van der Waals surface area contributed by atoms with Gasteiger partial charge in [0.1, 0.15) is 0 Å². The summed E-state index contributed by atoms with van der Waals surface area (Å²) in [5.74, 6) is 2.89. The van der Waals surface area contributed by atoms with E-state index in [2.05, 4.69) is 38.1 Å². The van der Waals surface area contributed by atoms with Crippen LogP contribution in [0, 0.1) is 29.2 Å². The Hall–Kier alpha value is -1.31. The maximum absolute atomic E-state index is 13.1. The van der Waals surface area contributed by atoms with E-state index in [9.17, 15) is 4.79 Å². The van der Waals surface area contributed by atoms with Crippen LogP contribution in [-0.4, -0.2) is 24.4 Å². The first-order valence-corrected chi connectivity index (χ1v) is 10.3. The van der Waals surface area contributed by atoms with Crippen LogP contribution in [0.1, 0.15) is 69.4 Å². The maximum atomic E-state index is 13.1. The largest absolute Gasteiger partial charge is 0.346 e. The van der Waals surface area contributed by atoms with Gasteiger partial charge in [-0.15, -0.1) is 0 Å². The average molecular weight is 339 g/mol. The summed E-state index contributed by atoms with van der Waals surface area (Å²) in [6, 6.07) is 9.89. The summed E-state index contributed by atoms with van der Waals surface area (Å²) in [6.07, 6.45) is 8.39. The van der Waals surface area contributed by atoms with Gasteiger partial charge >= 0.3 is 0 Å². The van der Waals surface area contributed by atoms with Crippen LogP contribution >= 0.6 is 0 Å². The maximum Gasteiger partial charge on any atom is 0.225 e. The second kappa shape index (κ2) is 6.45. The quantitative estimate of drug-likeness (QED) is 0.773. The van der Waals surface area contributed by atoms with E-state index < -0.39 is 0 Å². The van der Waals surface area contributed by atoms with Crippen LogP contribution in [0.15, 0.2) is 18.2 Å². The van der Waals surface area contributed by atoms with Crippen molar-refractivity contribution < 1.29 is 4.79 Å². The van der Waals surface area contributed by atoms with E-state index in [1.807, 2.05) is 11.9 Å². The van der Waals surface area contributed by atoms with Crippen LogP contribution < -0.4 is 0 Å². The number of carbonyl (C=O) groups is 1. The van der Waals surface area contributed by atoms with E-state index in [1.54, 1.807) is 5.56 Å². The van der Waals surface area contributed by atoms with Gasteiger partial charge in [0.2, 0.25) is 5.91 Å². The minimum atomic E-state index is 0.221. The van der Waals surface area contributed by atoms with Crippen molar-refractivity contribution in [1.82, 2.24) is 4.90 Å². The molecule has 4 rings (SSSR count). The Morgan fingerprint density at radius 2 is 2.16 bits per heavy atom. The highest BCUT2D eigenvalue weighted by Gasteiger charge is 2.56. The minimum Gasteiger partial charge on any atom is -0.346 e. The van der Waals surface area contributed by atoms with Gasteiger partial charge in [0.15, 0.2) is 0 Å². The van der Waals surface area contributed by atoms with E-state index in [-0.39, 0.29) is 11.3 Å². The summed E-state index contributed by atoms with van der Waals surface area (Å²) >= 11 is 0. The van der Waals surface area contributed by atoms with Gasteiger partial charge in [-0.1, -0.05) is 32.0 Å². The number of benzene rings is 1. The zero-order valence-electron chi connectivity index (χ0n) is 16.1. The molecule has 2 heteroatoms. The predicted octanol–water partition coefficient (Wildman–Crippen LogP) is 4.83. The van der Waals surface area contributed by atoms with Gasteiger partial charge < -0.3 is 4.90 Å². The fourth-order valence-corrected chi connectivity index (χ4v) is 6.57. The lowest BCUT2D eigenvalue weighted by atomic mass is 9.54. The Balaban J connectivity index is 1.59. The predicted molar refractivity (Wildman–Crippen MR) is 101 cm³/mol. The molecule has 2 saturated carbocycles. The van der Waals surface area contributed by atoms with Crippen molar-refractivity contribution in [3.8, 4) is 0 Å². The summed E-state index contributed by atoms with van der Waals surface area (Å²) in [6.45, 7) is 5.49. The molecule has 0 bridgehead atoms. The molecule has 3 aliphatic rings. The van der Waals surface area contributed by atoms with Crippen molar-refractivity contribution in [2.24, 2.45) is 23.2 Å². The van der Waals surface area contributed by atoms with Crippen molar-refractivity contribution in [2.45, 2.75) is 64.7 Å². The van der Waals surface area contributed by atoms with Crippen LogP contribution in [0.3, 0.4) is 0 Å². The summed E-state index contributed by atoms with van der Waals surface area (Å²) in [4.78, 5) is 15.1. The second-order valence-electron chi connectivity index (χ2n) is 8.97. The molecular weight excluding hydrogens is 306 g/mol. The lowest BCUT2D eigenvalue weighted by molar-refractivity contribution is -0.139. The zero-order chi connectivity index (χ0) is 17.6. The van der Waals surface area contributed by atoms with E-state index in [0.29, 0.717) is 5.91 Å². The number of carbonyl (C=O) groups excluding carboxylic acids is 1. The standard InChI is InChI=1S/C23H32NO/c1-4-15-24(3)22(25)21-12-11-20-19-10-9-16-7-5-6-8-17(16)18(19)13-14-23(20,21)2/h6-8,18-21H,4,9-15H2,1-3H3/t18-,19-,20+,21-,23+/m1/s1. The number of nitrogens with zero attached hydrogens (tertiary/aromatic N) is 1. The molecule has 0 aliphatic heterocycles. The Bertz CT molecular complexity index is 653. The third kappa shape index (κ3) is 2.64. The van der Waals surface area contributed by atoms with Gasteiger partial charge in [-0.25, -0.2) is 0 Å². The fraction of sp³-hybridized carbons (Fsp3) is 0.696. The molecule has 0 saturated heterocycles. The van der Waals surface area contributed by atoms with Crippen LogP contribution in [0.4, 0.5) is 0 Å². The van der Waals surface area contributed by atoms with Gasteiger partial charge in [-0.3, -0.25) is 4.79 Å². The molecule has 135 valence electrons. The Morgan fingerprint density at radius 3 is 2.96 bits per heavy atom. The molecule has 0 unspecified atom stereocenters. The highest BCUT2D eigenvalue weighted by Crippen LogP contribution is 2.63. The number of aryl methyl sites for hydroxylation is 1. The van der Waals surface area contributed by atoms with Gasteiger partial charge in [0.25, 0.3) is 0 Å². The normalized spacial score (nSPS) is 36.3. The minimum absolute atomic E-state index is 0.221. The number of hydrogen-bond donors (Lipinski definition) is 0. The molecule has 0 N–H and O–H groups in total. The molecule has 2 nitrogen and oxygen atoms in total. The molecule has 0 spiro atoms. The lowest BCUT2D eigenvalue weighted by Crippen LogP contribution is -2.46. The third-order valence-corrected chi connectivity index (χ3v) is 7.80. The van der Waals surface area contributed by atoms with E-state index >= 15 is 0 Å². The van der Waals surface area contributed by atoms with E-state index in [4.69, 9.17) is 0 Å². The highest BCUT2D eigenvalue weighted by atomic mass is 16.2. The summed E-state index contributed by atoms with van der Waals surface area (Å²) in [5.41, 5.74) is 3.34. The van der Waals surface area contributed by atoms with Crippen molar-refractivity contribution in [3.63, 3.8) is 0 Å². The van der Waals surface area contributed by atoms with Crippen LogP contribution in [0.2, 0.25) is 0 Å². The van der Waals surface area contributed by atoms with Crippen LogP contribution in [0.25, 0.3) is 0 Å². The molecule has 0 aromatic heterocycles. The molecule has 5 atom stereocenters. The smallest absolute Gasteiger partial charge is 0.225 e. The average Bonchev–Trinajstić information content (AvgIpc) is 2.98. The third-order valence-electron chi connectivity index (χ3n) is 7.80. The molecule has 1 aromatic rings. The van der Waals surface area contributed by atoms with E-state index in [0.717, 1.165) is 37.1 Å².